The maximum absolute atomic E-state index is 6.00. The van der Waals surface area contributed by atoms with Gasteiger partial charge in [-0.3, -0.25) is 0 Å². The molecular weight excluding hydrogens is 212 g/mol. The highest BCUT2D eigenvalue weighted by molar-refractivity contribution is 4.88. The van der Waals surface area contributed by atoms with Crippen molar-refractivity contribution in [3.63, 3.8) is 0 Å². The molecule has 17 heavy (non-hydrogen) atoms. The van der Waals surface area contributed by atoms with E-state index in [1.54, 1.807) is 0 Å². The molecule has 100 valence electrons. The van der Waals surface area contributed by atoms with Gasteiger partial charge in [-0.2, -0.15) is 0 Å². The highest BCUT2D eigenvalue weighted by atomic mass is 16.5. The zero-order valence-corrected chi connectivity index (χ0v) is 11.6. The summed E-state index contributed by atoms with van der Waals surface area (Å²) < 4.78 is 5.80. The number of hydrogen-bond donors (Lipinski definition) is 1. The largest absolute Gasteiger partial charge is 0.375 e. The zero-order chi connectivity index (χ0) is 12.5. The maximum Gasteiger partial charge on any atom is 0.0641 e. The first-order valence-electron chi connectivity index (χ1n) is 7.11. The molecule has 2 unspecified atom stereocenters. The smallest absolute Gasteiger partial charge is 0.0641 e. The zero-order valence-electron chi connectivity index (χ0n) is 11.6. The fraction of sp³-hybridized carbons (Fsp3) is 1.00. The van der Waals surface area contributed by atoms with Gasteiger partial charge in [0.15, 0.2) is 0 Å². The average Bonchev–Trinajstić information content (AvgIpc) is 2.28. The minimum absolute atomic E-state index is 0.0704. The van der Waals surface area contributed by atoms with Crippen molar-refractivity contribution < 1.29 is 4.74 Å². The first-order chi connectivity index (χ1) is 7.98. The molecule has 2 heterocycles. The number of nitrogens with two attached hydrogens (primary N) is 1. The first kappa shape index (κ1) is 13.3. The molecule has 0 aromatic rings. The molecule has 0 bridgehead atoms. The quantitative estimate of drug-likeness (QED) is 0.802. The van der Waals surface area contributed by atoms with E-state index in [1.165, 1.54) is 38.8 Å². The van der Waals surface area contributed by atoms with Crippen LogP contribution in [-0.4, -0.2) is 42.3 Å². The van der Waals surface area contributed by atoms with E-state index in [-0.39, 0.29) is 5.60 Å². The van der Waals surface area contributed by atoms with Gasteiger partial charge in [-0.05, 0) is 65.5 Å². The molecule has 0 aliphatic carbocycles. The summed E-state index contributed by atoms with van der Waals surface area (Å²) in [6.07, 6.45) is 4.92. The van der Waals surface area contributed by atoms with Crippen molar-refractivity contribution in [3.05, 3.63) is 0 Å². The predicted molar refractivity (Wildman–Crippen MR) is 71.0 cm³/mol. The van der Waals surface area contributed by atoms with Gasteiger partial charge in [0.05, 0.1) is 5.60 Å². The lowest BCUT2D eigenvalue weighted by atomic mass is 9.87. The summed E-state index contributed by atoms with van der Waals surface area (Å²) in [5.41, 5.74) is 6.07. The lowest BCUT2D eigenvalue weighted by Gasteiger charge is -2.44. The molecule has 2 aliphatic heterocycles. The van der Waals surface area contributed by atoms with Crippen LogP contribution >= 0.6 is 0 Å². The minimum atomic E-state index is 0.0704. The third-order valence-electron chi connectivity index (χ3n) is 4.51. The number of ether oxygens (including phenoxy) is 1. The Morgan fingerprint density at radius 1 is 1.24 bits per heavy atom. The van der Waals surface area contributed by atoms with Crippen LogP contribution in [0.15, 0.2) is 0 Å². The van der Waals surface area contributed by atoms with E-state index in [2.05, 4.69) is 25.7 Å². The Morgan fingerprint density at radius 2 is 1.88 bits per heavy atom. The summed E-state index contributed by atoms with van der Waals surface area (Å²) in [4.78, 5) is 2.67. The van der Waals surface area contributed by atoms with Gasteiger partial charge in [-0.15, -0.1) is 0 Å². The van der Waals surface area contributed by atoms with Crippen LogP contribution in [0.1, 0.15) is 46.5 Å². The summed E-state index contributed by atoms with van der Waals surface area (Å²) in [6, 6.07) is 1.09. The van der Waals surface area contributed by atoms with Crippen molar-refractivity contribution in [2.45, 2.75) is 64.1 Å². The number of hydrogen-bond acceptors (Lipinski definition) is 3. The minimum Gasteiger partial charge on any atom is -0.375 e. The van der Waals surface area contributed by atoms with Gasteiger partial charge >= 0.3 is 0 Å². The molecule has 0 spiro atoms. The van der Waals surface area contributed by atoms with E-state index >= 15 is 0 Å². The van der Waals surface area contributed by atoms with Gasteiger partial charge in [0.1, 0.15) is 0 Å². The summed E-state index contributed by atoms with van der Waals surface area (Å²) in [5.74, 6) is 0.735. The first-order valence-corrected chi connectivity index (χ1v) is 7.11. The van der Waals surface area contributed by atoms with Crippen LogP contribution in [0.5, 0.6) is 0 Å². The van der Waals surface area contributed by atoms with Gasteiger partial charge < -0.3 is 15.4 Å². The Balaban J connectivity index is 1.84. The Kier molecular flexibility index (Phi) is 4.11. The monoisotopic (exact) mass is 240 g/mol. The molecule has 0 radical (unpaired) electrons. The summed E-state index contributed by atoms with van der Waals surface area (Å²) >= 11 is 0. The maximum atomic E-state index is 6.00. The SMILES string of the molecule is CC(N)C1CCN(C2CCOC(C)(C)C2)CC1. The van der Waals surface area contributed by atoms with Crippen molar-refractivity contribution in [2.24, 2.45) is 11.7 Å². The molecule has 2 saturated heterocycles. The summed E-state index contributed by atoms with van der Waals surface area (Å²) in [6.45, 7) is 9.96. The predicted octanol–water partition coefficient (Wildman–Crippen LogP) is 2.00. The van der Waals surface area contributed by atoms with Crippen molar-refractivity contribution in [2.75, 3.05) is 19.7 Å². The van der Waals surface area contributed by atoms with Crippen LogP contribution in [0, 0.1) is 5.92 Å². The molecule has 2 aliphatic rings. The van der Waals surface area contributed by atoms with Gasteiger partial charge in [-0.1, -0.05) is 0 Å². The van der Waals surface area contributed by atoms with Crippen LogP contribution in [0.3, 0.4) is 0 Å². The second-order valence-corrected chi connectivity index (χ2v) is 6.49. The molecular formula is C14H28N2O. The summed E-state index contributed by atoms with van der Waals surface area (Å²) in [5, 5.41) is 0. The van der Waals surface area contributed by atoms with Crippen LogP contribution in [0.4, 0.5) is 0 Å². The molecule has 0 saturated carbocycles. The Hall–Kier alpha value is -0.120. The van der Waals surface area contributed by atoms with Crippen LogP contribution in [0.2, 0.25) is 0 Å². The third kappa shape index (κ3) is 3.43. The van der Waals surface area contributed by atoms with Crippen molar-refractivity contribution in [1.29, 1.82) is 0 Å². The van der Waals surface area contributed by atoms with Gasteiger partial charge in [0.2, 0.25) is 0 Å². The number of nitrogens with zero attached hydrogens (tertiary/aromatic N) is 1. The van der Waals surface area contributed by atoms with Crippen LogP contribution in [0.25, 0.3) is 0 Å². The average molecular weight is 240 g/mol. The Labute approximate surface area is 106 Å². The molecule has 3 heteroatoms. The lowest BCUT2D eigenvalue weighted by Crippen LogP contribution is -2.50. The fourth-order valence-electron chi connectivity index (χ4n) is 3.32. The number of piperidine rings is 1. The lowest BCUT2D eigenvalue weighted by molar-refractivity contribution is -0.0870. The molecule has 3 nitrogen and oxygen atoms in total. The number of likely N-dealkylation sites (tertiary alicyclic amines) is 1. The van der Waals surface area contributed by atoms with Gasteiger partial charge in [0.25, 0.3) is 0 Å². The number of rotatable bonds is 2. The van der Waals surface area contributed by atoms with E-state index in [9.17, 15) is 0 Å². The van der Waals surface area contributed by atoms with Crippen molar-refractivity contribution >= 4 is 0 Å². The van der Waals surface area contributed by atoms with E-state index in [1.807, 2.05) is 0 Å². The topological polar surface area (TPSA) is 38.5 Å². The molecule has 0 aromatic carbocycles. The molecule has 0 amide bonds. The second-order valence-electron chi connectivity index (χ2n) is 6.49. The van der Waals surface area contributed by atoms with Crippen molar-refractivity contribution in [3.8, 4) is 0 Å². The van der Waals surface area contributed by atoms with Crippen LogP contribution in [-0.2, 0) is 4.74 Å². The van der Waals surface area contributed by atoms with E-state index in [4.69, 9.17) is 10.5 Å². The molecule has 2 rings (SSSR count). The Morgan fingerprint density at radius 3 is 2.41 bits per heavy atom. The standard InChI is InChI=1S/C14H28N2O/c1-11(15)12-4-7-16(8-5-12)13-6-9-17-14(2,3)10-13/h11-13H,4-10,15H2,1-3H3. The molecule has 2 fully saturated rings. The van der Waals surface area contributed by atoms with E-state index in [0.29, 0.717) is 6.04 Å². The Bertz CT molecular complexity index is 245. The van der Waals surface area contributed by atoms with E-state index < -0.39 is 0 Å². The normalized spacial score (nSPS) is 33.5. The molecule has 0 aromatic heterocycles. The van der Waals surface area contributed by atoms with Crippen molar-refractivity contribution in [1.82, 2.24) is 4.90 Å². The highest BCUT2D eigenvalue weighted by Gasteiger charge is 2.34. The van der Waals surface area contributed by atoms with Gasteiger partial charge in [-0.25, -0.2) is 0 Å². The second kappa shape index (κ2) is 5.25. The van der Waals surface area contributed by atoms with Crippen LogP contribution < -0.4 is 5.73 Å². The third-order valence-corrected chi connectivity index (χ3v) is 4.51. The molecule has 2 atom stereocenters. The highest BCUT2D eigenvalue weighted by Crippen LogP contribution is 2.30. The van der Waals surface area contributed by atoms with E-state index in [0.717, 1.165) is 18.6 Å². The summed E-state index contributed by atoms with van der Waals surface area (Å²) in [7, 11) is 0. The molecule has 2 N–H and O–H groups in total. The fourth-order valence-corrected chi connectivity index (χ4v) is 3.32. The van der Waals surface area contributed by atoms with Gasteiger partial charge in [0, 0.05) is 18.7 Å².